The molecule has 0 radical (unpaired) electrons. The van der Waals surface area contributed by atoms with Gasteiger partial charge in [0.25, 0.3) is 0 Å². The van der Waals surface area contributed by atoms with Gasteiger partial charge in [0, 0.05) is 18.4 Å². The van der Waals surface area contributed by atoms with Gasteiger partial charge in [-0.25, -0.2) is 0 Å². The first kappa shape index (κ1) is 8.66. The Kier molecular flexibility index (Phi) is 2.57. The van der Waals surface area contributed by atoms with Crippen molar-refractivity contribution in [3.8, 4) is 0 Å². The normalized spacial score (nSPS) is 23.0. The Bertz CT molecular complexity index is 282. The molecular weight excluding hydrogens is 164 g/mol. The van der Waals surface area contributed by atoms with Crippen molar-refractivity contribution in [2.24, 2.45) is 0 Å². The Morgan fingerprint density at radius 2 is 2.54 bits per heavy atom. The SMILES string of the molecule is Cc1ncccc1[C@@H]1COCCN1. The molecule has 0 unspecified atom stereocenters. The fourth-order valence-electron chi connectivity index (χ4n) is 1.63. The zero-order valence-corrected chi connectivity index (χ0v) is 7.79. The third-order valence-electron chi connectivity index (χ3n) is 2.34. The second-order valence-electron chi connectivity index (χ2n) is 3.26. The van der Waals surface area contributed by atoms with E-state index in [9.17, 15) is 0 Å². The number of aromatic nitrogens is 1. The number of nitrogens with zero attached hydrogens (tertiary/aromatic N) is 1. The third-order valence-corrected chi connectivity index (χ3v) is 2.34. The summed E-state index contributed by atoms with van der Waals surface area (Å²) in [6, 6.07) is 4.40. The lowest BCUT2D eigenvalue weighted by atomic mass is 10.1. The molecule has 2 rings (SSSR count). The highest BCUT2D eigenvalue weighted by Crippen LogP contribution is 2.17. The van der Waals surface area contributed by atoms with E-state index in [1.54, 1.807) is 0 Å². The Hall–Kier alpha value is -0.930. The molecule has 3 heteroatoms. The summed E-state index contributed by atoms with van der Waals surface area (Å²) in [5.74, 6) is 0. The van der Waals surface area contributed by atoms with Crippen LogP contribution in [0.2, 0.25) is 0 Å². The molecule has 0 amide bonds. The third kappa shape index (κ3) is 1.87. The van der Waals surface area contributed by atoms with Crippen LogP contribution >= 0.6 is 0 Å². The molecule has 1 fully saturated rings. The highest BCUT2D eigenvalue weighted by Gasteiger charge is 2.16. The maximum atomic E-state index is 5.40. The number of ether oxygens (including phenoxy) is 1. The summed E-state index contributed by atoms with van der Waals surface area (Å²) in [4.78, 5) is 4.26. The minimum absolute atomic E-state index is 0.322. The highest BCUT2D eigenvalue weighted by atomic mass is 16.5. The molecule has 1 aromatic heterocycles. The van der Waals surface area contributed by atoms with Crippen LogP contribution in [0.5, 0.6) is 0 Å². The second-order valence-corrected chi connectivity index (χ2v) is 3.26. The maximum Gasteiger partial charge on any atom is 0.0662 e. The van der Waals surface area contributed by atoms with Gasteiger partial charge < -0.3 is 10.1 Å². The van der Waals surface area contributed by atoms with Gasteiger partial charge in [-0.15, -0.1) is 0 Å². The number of rotatable bonds is 1. The van der Waals surface area contributed by atoms with Crippen molar-refractivity contribution in [1.82, 2.24) is 10.3 Å². The topological polar surface area (TPSA) is 34.1 Å². The van der Waals surface area contributed by atoms with Crippen molar-refractivity contribution < 1.29 is 4.74 Å². The van der Waals surface area contributed by atoms with Gasteiger partial charge in [0.2, 0.25) is 0 Å². The van der Waals surface area contributed by atoms with Crippen LogP contribution in [0.1, 0.15) is 17.3 Å². The van der Waals surface area contributed by atoms with Crippen LogP contribution in [0.25, 0.3) is 0 Å². The van der Waals surface area contributed by atoms with Crippen LogP contribution in [0, 0.1) is 6.92 Å². The number of aryl methyl sites for hydroxylation is 1. The summed E-state index contributed by atoms with van der Waals surface area (Å²) in [7, 11) is 0. The molecule has 0 spiro atoms. The minimum Gasteiger partial charge on any atom is -0.378 e. The Morgan fingerprint density at radius 3 is 3.23 bits per heavy atom. The van der Waals surface area contributed by atoms with Crippen molar-refractivity contribution >= 4 is 0 Å². The minimum atomic E-state index is 0.322. The van der Waals surface area contributed by atoms with E-state index >= 15 is 0 Å². The first-order valence-corrected chi connectivity index (χ1v) is 4.60. The zero-order valence-electron chi connectivity index (χ0n) is 7.79. The smallest absolute Gasteiger partial charge is 0.0662 e. The molecule has 1 aliphatic rings. The van der Waals surface area contributed by atoms with E-state index < -0.39 is 0 Å². The fraction of sp³-hybridized carbons (Fsp3) is 0.500. The van der Waals surface area contributed by atoms with Gasteiger partial charge in [-0.2, -0.15) is 0 Å². The van der Waals surface area contributed by atoms with E-state index in [4.69, 9.17) is 4.74 Å². The van der Waals surface area contributed by atoms with E-state index in [0.29, 0.717) is 6.04 Å². The fourth-order valence-corrected chi connectivity index (χ4v) is 1.63. The van der Waals surface area contributed by atoms with Gasteiger partial charge >= 0.3 is 0 Å². The summed E-state index contributed by atoms with van der Waals surface area (Å²) in [5, 5.41) is 3.41. The quantitative estimate of drug-likeness (QED) is 0.698. The highest BCUT2D eigenvalue weighted by molar-refractivity contribution is 5.22. The molecule has 3 nitrogen and oxygen atoms in total. The van der Waals surface area contributed by atoms with Crippen molar-refractivity contribution in [3.63, 3.8) is 0 Å². The first-order chi connectivity index (χ1) is 6.38. The van der Waals surface area contributed by atoms with Crippen molar-refractivity contribution in [2.45, 2.75) is 13.0 Å². The molecule has 0 aliphatic carbocycles. The average Bonchev–Trinajstić information content (AvgIpc) is 2.20. The largest absolute Gasteiger partial charge is 0.378 e. The van der Waals surface area contributed by atoms with Gasteiger partial charge in [-0.05, 0) is 18.6 Å². The van der Waals surface area contributed by atoms with Crippen LogP contribution < -0.4 is 5.32 Å². The predicted octanol–water partition coefficient (Wildman–Crippen LogP) is 1.05. The Labute approximate surface area is 78.1 Å². The Morgan fingerprint density at radius 1 is 1.62 bits per heavy atom. The van der Waals surface area contributed by atoms with E-state index in [2.05, 4.69) is 16.4 Å². The molecule has 1 N–H and O–H groups in total. The molecule has 1 aliphatic heterocycles. The van der Waals surface area contributed by atoms with E-state index in [1.807, 2.05) is 19.2 Å². The number of hydrogen-bond acceptors (Lipinski definition) is 3. The lowest BCUT2D eigenvalue weighted by Crippen LogP contribution is -2.35. The van der Waals surface area contributed by atoms with E-state index in [-0.39, 0.29) is 0 Å². The van der Waals surface area contributed by atoms with Crippen LogP contribution in [0.15, 0.2) is 18.3 Å². The zero-order chi connectivity index (χ0) is 9.10. The van der Waals surface area contributed by atoms with Gasteiger partial charge in [-0.3, -0.25) is 4.98 Å². The van der Waals surface area contributed by atoms with Crippen molar-refractivity contribution in [2.75, 3.05) is 19.8 Å². The van der Waals surface area contributed by atoms with Crippen LogP contribution in [0.3, 0.4) is 0 Å². The number of morpholine rings is 1. The summed E-state index contributed by atoms with van der Waals surface area (Å²) < 4.78 is 5.40. The monoisotopic (exact) mass is 178 g/mol. The Balaban J connectivity index is 2.18. The molecule has 1 saturated heterocycles. The van der Waals surface area contributed by atoms with Gasteiger partial charge in [0.05, 0.1) is 19.3 Å². The molecule has 0 saturated carbocycles. The van der Waals surface area contributed by atoms with Crippen LogP contribution in [-0.2, 0) is 4.74 Å². The van der Waals surface area contributed by atoms with Crippen LogP contribution in [-0.4, -0.2) is 24.7 Å². The molecule has 13 heavy (non-hydrogen) atoms. The number of pyridine rings is 1. The van der Waals surface area contributed by atoms with Gasteiger partial charge in [0.15, 0.2) is 0 Å². The number of hydrogen-bond donors (Lipinski definition) is 1. The lowest BCUT2D eigenvalue weighted by molar-refractivity contribution is 0.0766. The maximum absolute atomic E-state index is 5.40. The standard InChI is InChI=1S/C10H14N2O/c1-8-9(3-2-4-11-8)10-7-13-6-5-12-10/h2-4,10,12H,5-7H2,1H3/t10-/m0/s1. The molecule has 1 atom stereocenters. The molecule has 1 aromatic rings. The molecular formula is C10H14N2O. The number of nitrogens with one attached hydrogen (secondary N) is 1. The van der Waals surface area contributed by atoms with Gasteiger partial charge in [-0.1, -0.05) is 6.07 Å². The predicted molar refractivity (Wildman–Crippen MR) is 50.5 cm³/mol. The molecule has 0 aromatic carbocycles. The lowest BCUT2D eigenvalue weighted by Gasteiger charge is -2.24. The summed E-state index contributed by atoms with van der Waals surface area (Å²) in [6.07, 6.45) is 1.82. The van der Waals surface area contributed by atoms with Gasteiger partial charge in [0.1, 0.15) is 0 Å². The first-order valence-electron chi connectivity index (χ1n) is 4.60. The second kappa shape index (κ2) is 3.85. The van der Waals surface area contributed by atoms with Crippen molar-refractivity contribution in [1.29, 1.82) is 0 Å². The van der Waals surface area contributed by atoms with E-state index in [1.165, 1.54) is 5.56 Å². The summed E-state index contributed by atoms with van der Waals surface area (Å²) in [6.45, 7) is 4.53. The van der Waals surface area contributed by atoms with Crippen LogP contribution in [0.4, 0.5) is 0 Å². The molecule has 70 valence electrons. The molecule has 0 bridgehead atoms. The molecule has 2 heterocycles. The van der Waals surface area contributed by atoms with E-state index in [0.717, 1.165) is 25.5 Å². The van der Waals surface area contributed by atoms with Crippen molar-refractivity contribution in [3.05, 3.63) is 29.6 Å². The average molecular weight is 178 g/mol. The summed E-state index contributed by atoms with van der Waals surface area (Å²) in [5.41, 5.74) is 2.34. The summed E-state index contributed by atoms with van der Waals surface area (Å²) >= 11 is 0.